The van der Waals surface area contributed by atoms with E-state index in [9.17, 15) is 0 Å². The van der Waals surface area contributed by atoms with Crippen molar-refractivity contribution in [1.82, 2.24) is 24.5 Å². The van der Waals surface area contributed by atoms with Crippen LogP contribution in [0.1, 0.15) is 24.6 Å². The van der Waals surface area contributed by atoms with Crippen LogP contribution in [0.5, 0.6) is 0 Å². The van der Waals surface area contributed by atoms with E-state index in [0.717, 1.165) is 62.3 Å². The molecule has 22 heavy (non-hydrogen) atoms. The Hall–Kier alpha value is -2.35. The summed E-state index contributed by atoms with van der Waals surface area (Å²) in [5.41, 5.74) is 1.77. The van der Waals surface area contributed by atoms with E-state index in [2.05, 4.69) is 25.0 Å². The average molecular weight is 300 g/mol. The van der Waals surface area contributed by atoms with Crippen LogP contribution in [0.15, 0.2) is 16.9 Å². The summed E-state index contributed by atoms with van der Waals surface area (Å²) in [7, 11) is 0. The second-order valence-electron chi connectivity index (χ2n) is 5.78. The Labute approximate surface area is 126 Å². The van der Waals surface area contributed by atoms with Gasteiger partial charge in [0.2, 0.25) is 5.95 Å². The molecule has 0 spiro atoms. The van der Waals surface area contributed by atoms with Crippen LogP contribution in [0.4, 0.5) is 5.95 Å². The van der Waals surface area contributed by atoms with Gasteiger partial charge in [-0.1, -0.05) is 5.16 Å². The smallest absolute Gasteiger partial charge is 0.276 e. The highest BCUT2D eigenvalue weighted by atomic mass is 16.5. The molecular weight excluding hydrogens is 284 g/mol. The third-order valence-electron chi connectivity index (χ3n) is 4.24. The molecule has 4 heterocycles. The number of nitrogens with one attached hydrogen (secondary N) is 1. The van der Waals surface area contributed by atoms with Gasteiger partial charge in [-0.3, -0.25) is 4.40 Å². The van der Waals surface area contributed by atoms with Crippen LogP contribution in [0.2, 0.25) is 0 Å². The monoisotopic (exact) mass is 300 g/mol. The zero-order valence-electron chi connectivity index (χ0n) is 12.0. The van der Waals surface area contributed by atoms with Gasteiger partial charge in [0, 0.05) is 25.2 Å². The van der Waals surface area contributed by atoms with Crippen molar-refractivity contribution < 1.29 is 9.26 Å². The number of rotatable bonds is 3. The molecule has 1 aliphatic carbocycles. The summed E-state index contributed by atoms with van der Waals surface area (Å²) in [4.78, 5) is 14.5. The van der Waals surface area contributed by atoms with Crippen LogP contribution in [-0.2, 0) is 4.74 Å². The third kappa shape index (κ3) is 1.83. The van der Waals surface area contributed by atoms with Crippen molar-refractivity contribution in [3.05, 3.63) is 18.2 Å². The van der Waals surface area contributed by atoms with Crippen LogP contribution in [0, 0.1) is 0 Å². The van der Waals surface area contributed by atoms with Crippen LogP contribution in [-0.4, -0.2) is 50.8 Å². The molecule has 1 N–H and O–H groups in total. The van der Waals surface area contributed by atoms with Gasteiger partial charge < -0.3 is 19.1 Å². The number of anilines is 1. The molecule has 2 aliphatic rings. The van der Waals surface area contributed by atoms with Gasteiger partial charge in [0.15, 0.2) is 5.82 Å². The highest BCUT2D eigenvalue weighted by Gasteiger charge is 2.30. The number of aromatic nitrogens is 5. The maximum Gasteiger partial charge on any atom is 0.276 e. The van der Waals surface area contributed by atoms with Crippen LogP contribution in [0.25, 0.3) is 17.2 Å². The lowest BCUT2D eigenvalue weighted by Gasteiger charge is -2.26. The molecule has 114 valence electrons. The van der Waals surface area contributed by atoms with Crippen LogP contribution < -0.4 is 4.90 Å². The zero-order chi connectivity index (χ0) is 14.5. The third-order valence-corrected chi connectivity index (χ3v) is 4.24. The molecule has 1 saturated heterocycles. The van der Waals surface area contributed by atoms with E-state index < -0.39 is 0 Å². The quantitative estimate of drug-likeness (QED) is 0.787. The second kappa shape index (κ2) is 4.57. The molecule has 0 bridgehead atoms. The van der Waals surface area contributed by atoms with Gasteiger partial charge in [0.05, 0.1) is 19.4 Å². The molecule has 8 nitrogen and oxygen atoms in total. The fraction of sp³-hybridized carbons (Fsp3) is 0.500. The van der Waals surface area contributed by atoms with Gasteiger partial charge >= 0.3 is 0 Å². The minimum absolute atomic E-state index is 0.480. The first-order valence-electron chi connectivity index (χ1n) is 7.61. The van der Waals surface area contributed by atoms with Crippen molar-refractivity contribution in [3.8, 4) is 11.6 Å². The van der Waals surface area contributed by atoms with Crippen molar-refractivity contribution in [1.29, 1.82) is 0 Å². The number of morpholine rings is 1. The Morgan fingerprint density at radius 2 is 2.09 bits per heavy atom. The Balaban J connectivity index is 1.59. The fourth-order valence-electron chi connectivity index (χ4n) is 2.88. The van der Waals surface area contributed by atoms with E-state index in [1.165, 1.54) is 0 Å². The molecule has 3 aromatic heterocycles. The largest absolute Gasteiger partial charge is 0.378 e. The van der Waals surface area contributed by atoms with Gasteiger partial charge in [0.1, 0.15) is 11.3 Å². The molecule has 2 fully saturated rings. The molecule has 8 heteroatoms. The summed E-state index contributed by atoms with van der Waals surface area (Å²) in [6, 6.07) is 0. The lowest BCUT2D eigenvalue weighted by molar-refractivity contribution is 0.122. The minimum atomic E-state index is 0.480. The first-order chi connectivity index (χ1) is 10.9. The van der Waals surface area contributed by atoms with Crippen molar-refractivity contribution in [2.45, 2.75) is 18.8 Å². The fourth-order valence-corrected chi connectivity index (χ4v) is 2.88. The maximum atomic E-state index is 5.46. The van der Waals surface area contributed by atoms with E-state index in [-0.39, 0.29) is 0 Å². The molecule has 0 amide bonds. The Morgan fingerprint density at radius 1 is 1.23 bits per heavy atom. The molecule has 5 rings (SSSR count). The number of hydrogen-bond donors (Lipinski definition) is 1. The van der Waals surface area contributed by atoms with Gasteiger partial charge in [-0.25, -0.2) is 4.98 Å². The van der Waals surface area contributed by atoms with E-state index in [0.29, 0.717) is 11.8 Å². The summed E-state index contributed by atoms with van der Waals surface area (Å²) < 4.78 is 12.9. The molecule has 0 unspecified atom stereocenters. The number of aromatic amines is 1. The van der Waals surface area contributed by atoms with Gasteiger partial charge in [-0.05, 0) is 12.8 Å². The molecule has 1 saturated carbocycles. The zero-order valence-corrected chi connectivity index (χ0v) is 12.0. The first-order valence-corrected chi connectivity index (χ1v) is 7.61. The predicted octanol–water partition coefficient (Wildman–Crippen LogP) is 1.43. The van der Waals surface area contributed by atoms with Crippen molar-refractivity contribution in [3.63, 3.8) is 0 Å². The summed E-state index contributed by atoms with van der Waals surface area (Å²) in [6.45, 7) is 3.11. The van der Waals surface area contributed by atoms with Crippen LogP contribution >= 0.6 is 0 Å². The number of H-pyrrole nitrogens is 1. The van der Waals surface area contributed by atoms with E-state index in [1.807, 2.05) is 16.8 Å². The second-order valence-corrected chi connectivity index (χ2v) is 5.78. The summed E-state index contributed by atoms with van der Waals surface area (Å²) in [5.74, 6) is 2.73. The normalized spacial score (nSPS) is 19.2. The Bertz CT molecular complexity index is 808. The number of nitrogens with zero attached hydrogens (tertiary/aromatic N) is 5. The Kier molecular flexibility index (Phi) is 2.54. The lowest BCUT2D eigenvalue weighted by Crippen LogP contribution is -2.37. The highest BCUT2D eigenvalue weighted by Crippen LogP contribution is 2.39. The van der Waals surface area contributed by atoms with Gasteiger partial charge in [-0.15, -0.1) is 0 Å². The molecular formula is C14H16N6O2. The van der Waals surface area contributed by atoms with E-state index in [1.54, 1.807) is 0 Å². The minimum Gasteiger partial charge on any atom is -0.378 e. The number of imidazole rings is 2. The number of hydrogen-bond acceptors (Lipinski definition) is 6. The number of ether oxygens (including phenoxy) is 1. The summed E-state index contributed by atoms with van der Waals surface area (Å²) in [6.07, 6.45) is 6.04. The average Bonchev–Trinajstić information content (AvgIpc) is 2.99. The molecule has 0 atom stereocenters. The standard InChI is InChI=1S/C14H16N6O2/c1-2-9(1)12-17-13(22-18-12)10-7-15-11-8-16-14(20(10)11)19-3-5-21-6-4-19/h7-9,15H,1-6H2. The van der Waals surface area contributed by atoms with Gasteiger partial charge in [0.25, 0.3) is 5.89 Å². The molecule has 0 aromatic carbocycles. The van der Waals surface area contributed by atoms with Crippen molar-refractivity contribution in [2.24, 2.45) is 0 Å². The predicted molar refractivity (Wildman–Crippen MR) is 77.8 cm³/mol. The van der Waals surface area contributed by atoms with Crippen molar-refractivity contribution >= 4 is 11.6 Å². The Morgan fingerprint density at radius 3 is 2.91 bits per heavy atom. The summed E-state index contributed by atoms with van der Waals surface area (Å²) in [5, 5.41) is 4.10. The van der Waals surface area contributed by atoms with E-state index >= 15 is 0 Å². The van der Waals surface area contributed by atoms with Gasteiger partial charge in [-0.2, -0.15) is 4.98 Å². The van der Waals surface area contributed by atoms with E-state index in [4.69, 9.17) is 9.26 Å². The molecule has 1 aliphatic heterocycles. The molecule has 3 aromatic rings. The topological polar surface area (TPSA) is 84.5 Å². The van der Waals surface area contributed by atoms with Crippen LogP contribution in [0.3, 0.4) is 0 Å². The summed E-state index contributed by atoms with van der Waals surface area (Å²) >= 11 is 0. The molecule has 0 radical (unpaired) electrons. The maximum absolute atomic E-state index is 5.46. The first kappa shape index (κ1) is 12.2. The van der Waals surface area contributed by atoms with Crippen molar-refractivity contribution in [2.75, 3.05) is 31.2 Å². The number of fused-ring (bicyclic) bond motifs is 1. The lowest BCUT2D eigenvalue weighted by atomic mass is 10.4. The SMILES string of the molecule is c1[nH]c2cnc(N3CCOCC3)n2c1-c1nc(C2CC2)no1. The highest BCUT2D eigenvalue weighted by molar-refractivity contribution is 5.61.